The Morgan fingerprint density at radius 3 is 2.00 bits per heavy atom. The van der Waals surface area contributed by atoms with E-state index < -0.39 is 11.6 Å². The lowest BCUT2D eigenvalue weighted by Crippen LogP contribution is -2.52. The second-order valence-corrected chi connectivity index (χ2v) is 5.92. The minimum absolute atomic E-state index is 0.123. The molecule has 1 aromatic rings. The van der Waals surface area contributed by atoms with E-state index in [9.17, 15) is 8.78 Å². The van der Waals surface area contributed by atoms with Crippen LogP contribution in [0, 0.1) is 11.6 Å². The lowest BCUT2D eigenvalue weighted by molar-refractivity contribution is 0.0909. The van der Waals surface area contributed by atoms with Gasteiger partial charge in [0.05, 0.1) is 6.04 Å². The zero-order chi connectivity index (χ0) is 16.0. The summed E-state index contributed by atoms with van der Waals surface area (Å²) >= 11 is 0. The van der Waals surface area contributed by atoms with Gasteiger partial charge >= 0.3 is 0 Å². The molecule has 1 atom stereocenters. The highest BCUT2D eigenvalue weighted by molar-refractivity contribution is 5.25. The molecule has 0 aliphatic carbocycles. The van der Waals surface area contributed by atoms with Gasteiger partial charge in [0.1, 0.15) is 11.6 Å². The first-order chi connectivity index (χ1) is 9.86. The van der Waals surface area contributed by atoms with E-state index >= 15 is 0 Å². The Bertz CT molecular complexity index is 422. The van der Waals surface area contributed by atoms with E-state index in [0.29, 0.717) is 5.56 Å². The van der Waals surface area contributed by atoms with Gasteiger partial charge in [0, 0.05) is 11.6 Å². The van der Waals surface area contributed by atoms with Crippen molar-refractivity contribution in [1.82, 2.24) is 10.2 Å². The molecule has 0 fully saturated rings. The maximum absolute atomic E-state index is 13.6. The molecular formula is C17H28F2N2. The van der Waals surface area contributed by atoms with Crippen molar-refractivity contribution >= 4 is 0 Å². The van der Waals surface area contributed by atoms with Crippen LogP contribution >= 0.6 is 0 Å². The molecule has 0 radical (unpaired) electrons. The van der Waals surface area contributed by atoms with Crippen LogP contribution in [0.4, 0.5) is 8.78 Å². The van der Waals surface area contributed by atoms with Crippen molar-refractivity contribution in [1.29, 1.82) is 0 Å². The number of benzene rings is 1. The van der Waals surface area contributed by atoms with Crippen molar-refractivity contribution in [3.8, 4) is 0 Å². The maximum Gasteiger partial charge on any atom is 0.126 e. The topological polar surface area (TPSA) is 15.3 Å². The van der Waals surface area contributed by atoms with Crippen LogP contribution < -0.4 is 5.32 Å². The highest BCUT2D eigenvalue weighted by atomic mass is 19.1. The van der Waals surface area contributed by atoms with Gasteiger partial charge in [-0.15, -0.1) is 0 Å². The fourth-order valence-electron chi connectivity index (χ4n) is 3.03. The third-order valence-electron chi connectivity index (χ3n) is 4.10. The van der Waals surface area contributed by atoms with Gasteiger partial charge in [-0.2, -0.15) is 0 Å². The van der Waals surface area contributed by atoms with Gasteiger partial charge < -0.3 is 5.32 Å². The van der Waals surface area contributed by atoms with Crippen molar-refractivity contribution in [3.63, 3.8) is 0 Å². The predicted octanol–water partition coefficient (Wildman–Crippen LogP) is 4.13. The lowest BCUT2D eigenvalue weighted by atomic mass is 9.86. The van der Waals surface area contributed by atoms with Gasteiger partial charge in [-0.1, -0.05) is 20.8 Å². The first-order valence-electron chi connectivity index (χ1n) is 7.81. The standard InChI is InChI=1S/C17H28F2N2/c1-6-9-20-16(17(4,5)21(7-2)8-3)13-10-14(18)12-15(19)11-13/h10-12,16,20H,6-9H2,1-5H3. The summed E-state index contributed by atoms with van der Waals surface area (Å²) < 4.78 is 27.2. The molecule has 21 heavy (non-hydrogen) atoms. The Labute approximate surface area is 127 Å². The lowest BCUT2D eigenvalue weighted by Gasteiger charge is -2.44. The van der Waals surface area contributed by atoms with Gasteiger partial charge in [-0.3, -0.25) is 4.90 Å². The van der Waals surface area contributed by atoms with E-state index in [-0.39, 0.29) is 11.6 Å². The quantitative estimate of drug-likeness (QED) is 0.776. The van der Waals surface area contributed by atoms with Gasteiger partial charge in [-0.25, -0.2) is 8.78 Å². The number of halogens is 2. The molecule has 1 rings (SSSR count). The minimum Gasteiger partial charge on any atom is -0.308 e. The first kappa shape index (κ1) is 18.1. The summed E-state index contributed by atoms with van der Waals surface area (Å²) in [5.74, 6) is -1.05. The smallest absolute Gasteiger partial charge is 0.126 e. The Kier molecular flexibility index (Phi) is 6.75. The fourth-order valence-corrected chi connectivity index (χ4v) is 3.03. The van der Waals surface area contributed by atoms with Gasteiger partial charge in [0.25, 0.3) is 0 Å². The molecule has 4 heteroatoms. The molecule has 0 amide bonds. The number of likely N-dealkylation sites (N-methyl/N-ethyl adjacent to an activating group) is 1. The Morgan fingerprint density at radius 1 is 1.05 bits per heavy atom. The van der Waals surface area contributed by atoms with Crippen LogP contribution in [0.5, 0.6) is 0 Å². The van der Waals surface area contributed by atoms with Gasteiger partial charge in [0.2, 0.25) is 0 Å². The van der Waals surface area contributed by atoms with Crippen LogP contribution in [0.15, 0.2) is 18.2 Å². The van der Waals surface area contributed by atoms with Gasteiger partial charge in [0.15, 0.2) is 0 Å². The van der Waals surface area contributed by atoms with Crippen molar-refractivity contribution in [2.45, 2.75) is 52.6 Å². The molecule has 1 N–H and O–H groups in total. The summed E-state index contributed by atoms with van der Waals surface area (Å²) in [5, 5.41) is 3.45. The molecule has 0 aromatic heterocycles. The number of hydrogen-bond acceptors (Lipinski definition) is 2. The first-order valence-corrected chi connectivity index (χ1v) is 7.81. The third kappa shape index (κ3) is 4.48. The largest absolute Gasteiger partial charge is 0.308 e. The molecule has 0 spiro atoms. The number of rotatable bonds is 8. The Balaban J connectivity index is 3.20. The molecule has 1 unspecified atom stereocenters. The van der Waals surface area contributed by atoms with Crippen molar-refractivity contribution in [2.75, 3.05) is 19.6 Å². The molecule has 0 heterocycles. The van der Waals surface area contributed by atoms with Crippen LogP contribution in [-0.2, 0) is 0 Å². The van der Waals surface area contributed by atoms with Gasteiger partial charge in [-0.05, 0) is 57.6 Å². The summed E-state index contributed by atoms with van der Waals surface area (Å²) in [4.78, 5) is 2.31. The van der Waals surface area contributed by atoms with Crippen LogP contribution in [0.25, 0.3) is 0 Å². The highest BCUT2D eigenvalue weighted by Crippen LogP contribution is 2.31. The number of hydrogen-bond donors (Lipinski definition) is 1. The maximum atomic E-state index is 13.6. The van der Waals surface area contributed by atoms with Crippen LogP contribution in [-0.4, -0.2) is 30.1 Å². The molecular weight excluding hydrogens is 270 g/mol. The third-order valence-corrected chi connectivity index (χ3v) is 4.10. The molecule has 1 aromatic carbocycles. The van der Waals surface area contributed by atoms with E-state index in [4.69, 9.17) is 0 Å². The van der Waals surface area contributed by atoms with E-state index in [0.717, 1.165) is 32.1 Å². The van der Waals surface area contributed by atoms with Crippen molar-refractivity contribution in [2.24, 2.45) is 0 Å². The normalized spacial score (nSPS) is 13.7. The SMILES string of the molecule is CCCNC(c1cc(F)cc(F)c1)C(C)(C)N(CC)CC. The van der Waals surface area contributed by atoms with E-state index in [1.807, 2.05) is 0 Å². The van der Waals surface area contributed by atoms with Crippen molar-refractivity contribution < 1.29 is 8.78 Å². The summed E-state index contributed by atoms with van der Waals surface area (Å²) in [5.41, 5.74) is 0.427. The molecule has 0 saturated heterocycles. The summed E-state index contributed by atoms with van der Waals surface area (Å²) in [6.07, 6.45) is 0.975. The second-order valence-electron chi connectivity index (χ2n) is 5.92. The molecule has 2 nitrogen and oxygen atoms in total. The van der Waals surface area contributed by atoms with Crippen molar-refractivity contribution in [3.05, 3.63) is 35.4 Å². The predicted molar refractivity (Wildman–Crippen MR) is 84.4 cm³/mol. The van der Waals surface area contributed by atoms with E-state index in [2.05, 4.69) is 44.8 Å². The van der Waals surface area contributed by atoms with Crippen LogP contribution in [0.2, 0.25) is 0 Å². The minimum atomic E-state index is -0.524. The summed E-state index contributed by atoms with van der Waals surface area (Å²) in [7, 11) is 0. The highest BCUT2D eigenvalue weighted by Gasteiger charge is 2.35. The fraction of sp³-hybridized carbons (Fsp3) is 0.647. The summed E-state index contributed by atoms with van der Waals surface area (Å²) in [6.45, 7) is 13.1. The average Bonchev–Trinajstić information content (AvgIpc) is 2.38. The van der Waals surface area contributed by atoms with Crippen LogP contribution in [0.3, 0.4) is 0 Å². The Morgan fingerprint density at radius 2 is 1.57 bits per heavy atom. The molecule has 120 valence electrons. The molecule has 0 bridgehead atoms. The molecule has 0 aliphatic rings. The zero-order valence-electron chi connectivity index (χ0n) is 13.8. The molecule has 0 saturated carbocycles. The second kappa shape index (κ2) is 7.85. The monoisotopic (exact) mass is 298 g/mol. The average molecular weight is 298 g/mol. The van der Waals surface area contributed by atoms with E-state index in [1.165, 1.54) is 12.1 Å². The Hall–Kier alpha value is -1.00. The zero-order valence-corrected chi connectivity index (χ0v) is 13.8. The number of nitrogens with zero attached hydrogens (tertiary/aromatic N) is 1. The van der Waals surface area contributed by atoms with E-state index in [1.54, 1.807) is 0 Å². The molecule has 0 aliphatic heterocycles. The number of nitrogens with one attached hydrogen (secondary N) is 1. The van der Waals surface area contributed by atoms with Crippen LogP contribution in [0.1, 0.15) is 52.6 Å². The summed E-state index contributed by atoms with van der Waals surface area (Å²) in [6, 6.07) is 3.66.